The van der Waals surface area contributed by atoms with Crippen LogP contribution in [0.15, 0.2) is 24.3 Å². The lowest BCUT2D eigenvalue weighted by Crippen LogP contribution is -2.64. The van der Waals surface area contributed by atoms with Crippen LogP contribution in [-0.2, 0) is 6.54 Å². The quantitative estimate of drug-likeness (QED) is 0.896. The molecular weight excluding hydrogens is 289 g/mol. The predicted molar refractivity (Wildman–Crippen MR) is 82.9 cm³/mol. The number of nitrogens with one attached hydrogen (secondary N) is 1. The number of rotatable bonds is 3. The summed E-state index contributed by atoms with van der Waals surface area (Å²) in [6.45, 7) is 0.572. The maximum absolute atomic E-state index is 13.7. The van der Waals surface area contributed by atoms with Crippen molar-refractivity contribution in [2.75, 3.05) is 0 Å². The van der Waals surface area contributed by atoms with Gasteiger partial charge < -0.3 is 10.4 Å². The minimum Gasteiger partial charge on any atom is -0.390 e. The molecule has 2 atom stereocenters. The van der Waals surface area contributed by atoms with E-state index in [1.54, 1.807) is 6.07 Å². The predicted octanol–water partition coefficient (Wildman–Crippen LogP) is 3.42. The molecular formula is C17H23ClFNO. The summed E-state index contributed by atoms with van der Waals surface area (Å²) in [7, 11) is 0. The first kappa shape index (κ1) is 15.3. The van der Waals surface area contributed by atoms with Crippen LogP contribution in [0.1, 0.15) is 44.1 Å². The largest absolute Gasteiger partial charge is 0.390 e. The van der Waals surface area contributed by atoms with E-state index in [4.69, 9.17) is 0 Å². The van der Waals surface area contributed by atoms with Gasteiger partial charge in [0.15, 0.2) is 0 Å². The average Bonchev–Trinajstić information content (AvgIpc) is 2.35. The van der Waals surface area contributed by atoms with E-state index in [-0.39, 0.29) is 23.8 Å². The minimum atomic E-state index is -0.452. The molecule has 0 spiro atoms. The van der Waals surface area contributed by atoms with Crippen molar-refractivity contribution in [3.8, 4) is 0 Å². The highest BCUT2D eigenvalue weighted by Crippen LogP contribution is 2.57. The van der Waals surface area contributed by atoms with Crippen LogP contribution in [0.4, 0.5) is 4.39 Å². The zero-order valence-corrected chi connectivity index (χ0v) is 13.0. The molecule has 116 valence electrons. The molecule has 0 aromatic heterocycles. The van der Waals surface area contributed by atoms with E-state index < -0.39 is 5.60 Å². The highest BCUT2D eigenvalue weighted by molar-refractivity contribution is 5.85. The summed E-state index contributed by atoms with van der Waals surface area (Å²) in [6.07, 6.45) is 6.40. The third-order valence-corrected chi connectivity index (χ3v) is 5.64. The Kier molecular flexibility index (Phi) is 3.79. The molecule has 4 bridgehead atoms. The van der Waals surface area contributed by atoms with Crippen LogP contribution in [0.5, 0.6) is 0 Å². The van der Waals surface area contributed by atoms with E-state index >= 15 is 0 Å². The molecule has 5 rings (SSSR count). The summed E-state index contributed by atoms with van der Waals surface area (Å²) in [4.78, 5) is 0. The van der Waals surface area contributed by atoms with E-state index in [1.165, 1.54) is 12.5 Å². The summed E-state index contributed by atoms with van der Waals surface area (Å²) in [5.41, 5.74) is 0.322. The first-order chi connectivity index (χ1) is 9.56. The maximum Gasteiger partial charge on any atom is 0.127 e. The number of aliphatic hydroxyl groups is 1. The van der Waals surface area contributed by atoms with Crippen molar-refractivity contribution in [1.82, 2.24) is 5.32 Å². The highest BCUT2D eigenvalue weighted by atomic mass is 35.5. The number of hydrogen-bond acceptors (Lipinski definition) is 2. The summed E-state index contributed by atoms with van der Waals surface area (Å²) >= 11 is 0. The van der Waals surface area contributed by atoms with Crippen LogP contribution < -0.4 is 5.32 Å². The number of halogens is 2. The Hall–Kier alpha value is -0.640. The molecule has 0 aliphatic heterocycles. The van der Waals surface area contributed by atoms with Gasteiger partial charge in [0.25, 0.3) is 0 Å². The Balaban J connectivity index is 0.00000132. The monoisotopic (exact) mass is 311 g/mol. The normalized spacial score (nSPS) is 40.1. The third kappa shape index (κ3) is 2.71. The Morgan fingerprint density at radius 2 is 1.81 bits per heavy atom. The lowest BCUT2D eigenvalue weighted by Gasteiger charge is -2.60. The standard InChI is InChI=1S/C17H22FNO.ClH/c18-15-4-2-1-3-14(15)10-19-16-6-12-5-13(7-16)9-17(20,8-12)11-16;/h1-4,12-13,19-20H,5-11H2;1H. The van der Waals surface area contributed by atoms with Crippen LogP contribution >= 0.6 is 12.4 Å². The fourth-order valence-corrected chi connectivity index (χ4v) is 5.35. The summed E-state index contributed by atoms with van der Waals surface area (Å²) < 4.78 is 13.7. The fraction of sp³-hybridized carbons (Fsp3) is 0.647. The minimum absolute atomic E-state index is 0. The molecule has 4 aliphatic rings. The smallest absolute Gasteiger partial charge is 0.127 e. The zero-order valence-electron chi connectivity index (χ0n) is 12.1. The molecule has 4 fully saturated rings. The molecule has 4 aliphatic carbocycles. The molecule has 0 heterocycles. The maximum atomic E-state index is 13.7. The second kappa shape index (κ2) is 5.22. The SMILES string of the molecule is Cl.OC12CC3CC(C1)CC(NCc1ccccc1F)(C3)C2. The third-order valence-electron chi connectivity index (χ3n) is 5.64. The molecule has 4 heteroatoms. The summed E-state index contributed by atoms with van der Waals surface area (Å²) in [5, 5.41) is 14.3. The van der Waals surface area contributed by atoms with Crippen LogP contribution in [0.25, 0.3) is 0 Å². The van der Waals surface area contributed by atoms with Crippen molar-refractivity contribution in [2.45, 2.75) is 56.2 Å². The van der Waals surface area contributed by atoms with Crippen LogP contribution in [-0.4, -0.2) is 16.2 Å². The van der Waals surface area contributed by atoms with Gasteiger partial charge in [-0.25, -0.2) is 4.39 Å². The van der Waals surface area contributed by atoms with E-state index in [9.17, 15) is 9.50 Å². The van der Waals surface area contributed by atoms with E-state index in [1.807, 2.05) is 12.1 Å². The summed E-state index contributed by atoms with van der Waals surface area (Å²) in [6, 6.07) is 6.97. The molecule has 4 saturated carbocycles. The Morgan fingerprint density at radius 3 is 2.43 bits per heavy atom. The van der Waals surface area contributed by atoms with Gasteiger partial charge in [-0.05, 0) is 56.4 Å². The van der Waals surface area contributed by atoms with Crippen molar-refractivity contribution in [1.29, 1.82) is 0 Å². The number of benzene rings is 1. The van der Waals surface area contributed by atoms with Crippen molar-refractivity contribution >= 4 is 12.4 Å². The zero-order chi connectivity index (χ0) is 13.8. The van der Waals surface area contributed by atoms with Crippen molar-refractivity contribution in [2.24, 2.45) is 11.8 Å². The van der Waals surface area contributed by atoms with Gasteiger partial charge in [-0.2, -0.15) is 0 Å². The average molecular weight is 312 g/mol. The van der Waals surface area contributed by atoms with Gasteiger partial charge >= 0.3 is 0 Å². The van der Waals surface area contributed by atoms with Crippen LogP contribution in [0.2, 0.25) is 0 Å². The van der Waals surface area contributed by atoms with Gasteiger partial charge in [-0.1, -0.05) is 18.2 Å². The lowest BCUT2D eigenvalue weighted by molar-refractivity contribution is -0.142. The number of hydrogen-bond donors (Lipinski definition) is 2. The van der Waals surface area contributed by atoms with Gasteiger partial charge in [0.2, 0.25) is 0 Å². The molecule has 0 saturated heterocycles. The molecule has 1 aromatic carbocycles. The van der Waals surface area contributed by atoms with E-state index in [2.05, 4.69) is 5.32 Å². The Morgan fingerprint density at radius 1 is 1.14 bits per heavy atom. The second-order valence-electron chi connectivity index (χ2n) is 7.41. The molecule has 0 radical (unpaired) electrons. The Bertz CT molecular complexity index is 521. The van der Waals surface area contributed by atoms with E-state index in [0.29, 0.717) is 18.4 Å². The van der Waals surface area contributed by atoms with Gasteiger partial charge in [-0.15, -0.1) is 12.4 Å². The lowest BCUT2D eigenvalue weighted by atomic mass is 9.51. The molecule has 0 amide bonds. The van der Waals surface area contributed by atoms with Crippen molar-refractivity contribution in [3.05, 3.63) is 35.6 Å². The molecule has 1 aromatic rings. The van der Waals surface area contributed by atoms with Gasteiger partial charge in [-0.3, -0.25) is 0 Å². The topological polar surface area (TPSA) is 32.3 Å². The molecule has 2 nitrogen and oxygen atoms in total. The first-order valence-corrected chi connectivity index (χ1v) is 7.77. The van der Waals surface area contributed by atoms with Gasteiger partial charge in [0.1, 0.15) is 5.82 Å². The molecule has 2 N–H and O–H groups in total. The van der Waals surface area contributed by atoms with Crippen molar-refractivity contribution in [3.63, 3.8) is 0 Å². The van der Waals surface area contributed by atoms with Crippen molar-refractivity contribution < 1.29 is 9.50 Å². The highest BCUT2D eigenvalue weighted by Gasteiger charge is 2.56. The van der Waals surface area contributed by atoms with Crippen LogP contribution in [0, 0.1) is 17.7 Å². The van der Waals surface area contributed by atoms with Crippen LogP contribution in [0.3, 0.4) is 0 Å². The Labute approximate surface area is 131 Å². The first-order valence-electron chi connectivity index (χ1n) is 7.77. The fourth-order valence-electron chi connectivity index (χ4n) is 5.35. The van der Waals surface area contributed by atoms with Gasteiger partial charge in [0, 0.05) is 17.6 Å². The summed E-state index contributed by atoms with van der Waals surface area (Å²) in [5.74, 6) is 1.19. The molecule has 21 heavy (non-hydrogen) atoms. The van der Waals surface area contributed by atoms with Gasteiger partial charge in [0.05, 0.1) is 5.60 Å². The second-order valence-corrected chi connectivity index (χ2v) is 7.41. The van der Waals surface area contributed by atoms with E-state index in [0.717, 1.165) is 37.7 Å². The molecule has 2 unspecified atom stereocenters.